The Labute approximate surface area is 123 Å². The SMILES string of the molecule is Cc1cn(CC2C=C(c3ccc(Br)c(F)c3)NO2)nn1. The van der Waals surface area contributed by atoms with Gasteiger partial charge in [0, 0.05) is 11.8 Å². The number of aryl methyl sites for hydroxylation is 1. The first-order chi connectivity index (χ1) is 9.61. The molecule has 0 radical (unpaired) electrons. The fourth-order valence-electron chi connectivity index (χ4n) is 1.97. The number of rotatable bonds is 3. The fourth-order valence-corrected chi connectivity index (χ4v) is 2.22. The van der Waals surface area contributed by atoms with E-state index in [0.29, 0.717) is 11.0 Å². The van der Waals surface area contributed by atoms with Crippen LogP contribution in [0.1, 0.15) is 11.3 Å². The molecule has 0 spiro atoms. The first-order valence-corrected chi connectivity index (χ1v) is 6.87. The smallest absolute Gasteiger partial charge is 0.138 e. The summed E-state index contributed by atoms with van der Waals surface area (Å²) < 4.78 is 15.7. The highest BCUT2D eigenvalue weighted by molar-refractivity contribution is 9.10. The highest BCUT2D eigenvalue weighted by Crippen LogP contribution is 2.23. The van der Waals surface area contributed by atoms with Crippen LogP contribution in [0.2, 0.25) is 0 Å². The zero-order valence-corrected chi connectivity index (χ0v) is 12.3. The van der Waals surface area contributed by atoms with Gasteiger partial charge in [0.2, 0.25) is 0 Å². The van der Waals surface area contributed by atoms with Crippen molar-refractivity contribution in [3.8, 4) is 0 Å². The van der Waals surface area contributed by atoms with Gasteiger partial charge in [-0.1, -0.05) is 11.3 Å². The van der Waals surface area contributed by atoms with Gasteiger partial charge in [-0.25, -0.2) is 9.07 Å². The number of hydrogen-bond acceptors (Lipinski definition) is 4. The van der Waals surface area contributed by atoms with Crippen LogP contribution in [0.4, 0.5) is 4.39 Å². The van der Waals surface area contributed by atoms with Gasteiger partial charge in [0.25, 0.3) is 0 Å². The molecule has 1 unspecified atom stereocenters. The summed E-state index contributed by atoms with van der Waals surface area (Å²) in [6.07, 6.45) is 3.58. The summed E-state index contributed by atoms with van der Waals surface area (Å²) in [5.41, 5.74) is 5.16. The molecule has 0 aliphatic carbocycles. The van der Waals surface area contributed by atoms with E-state index >= 15 is 0 Å². The van der Waals surface area contributed by atoms with Crippen molar-refractivity contribution in [3.63, 3.8) is 0 Å². The first-order valence-electron chi connectivity index (χ1n) is 6.07. The lowest BCUT2D eigenvalue weighted by atomic mass is 10.1. The Kier molecular flexibility index (Phi) is 3.54. The minimum Gasteiger partial charge on any atom is -0.267 e. The summed E-state index contributed by atoms with van der Waals surface area (Å²) in [6.45, 7) is 2.43. The van der Waals surface area contributed by atoms with E-state index in [9.17, 15) is 4.39 Å². The van der Waals surface area contributed by atoms with E-state index in [0.717, 1.165) is 17.0 Å². The number of benzene rings is 1. The van der Waals surface area contributed by atoms with Crippen LogP contribution in [0.3, 0.4) is 0 Å². The van der Waals surface area contributed by atoms with Gasteiger partial charge < -0.3 is 0 Å². The summed E-state index contributed by atoms with van der Waals surface area (Å²) in [5.74, 6) is -0.305. The van der Waals surface area contributed by atoms with Crippen LogP contribution in [0, 0.1) is 12.7 Å². The summed E-state index contributed by atoms with van der Waals surface area (Å²) in [5, 5.41) is 7.88. The Morgan fingerprint density at radius 3 is 3.05 bits per heavy atom. The Bertz CT molecular complexity index is 670. The molecule has 1 atom stereocenters. The zero-order chi connectivity index (χ0) is 14.1. The van der Waals surface area contributed by atoms with Crippen LogP contribution in [-0.4, -0.2) is 21.1 Å². The molecular formula is C13H12BrFN4O. The van der Waals surface area contributed by atoms with E-state index in [2.05, 4.69) is 31.7 Å². The average molecular weight is 339 g/mol. The molecule has 1 aliphatic rings. The maximum absolute atomic E-state index is 13.5. The number of halogens is 2. The van der Waals surface area contributed by atoms with Crippen LogP contribution in [0.25, 0.3) is 5.70 Å². The van der Waals surface area contributed by atoms with Crippen molar-refractivity contribution in [2.45, 2.75) is 19.6 Å². The van der Waals surface area contributed by atoms with Gasteiger partial charge in [0.1, 0.15) is 11.9 Å². The van der Waals surface area contributed by atoms with Crippen molar-refractivity contribution in [1.82, 2.24) is 20.5 Å². The average Bonchev–Trinajstić information content (AvgIpc) is 3.03. The molecule has 20 heavy (non-hydrogen) atoms. The molecule has 2 aromatic rings. The van der Waals surface area contributed by atoms with Gasteiger partial charge in [-0.2, -0.15) is 0 Å². The van der Waals surface area contributed by atoms with Gasteiger partial charge in [-0.3, -0.25) is 10.3 Å². The Morgan fingerprint density at radius 1 is 1.50 bits per heavy atom. The molecule has 1 aromatic heterocycles. The third-order valence-electron chi connectivity index (χ3n) is 2.92. The second kappa shape index (κ2) is 5.34. The van der Waals surface area contributed by atoms with Crippen molar-refractivity contribution >= 4 is 21.6 Å². The van der Waals surface area contributed by atoms with E-state index in [1.807, 2.05) is 25.3 Å². The zero-order valence-electron chi connectivity index (χ0n) is 10.7. The van der Waals surface area contributed by atoms with Gasteiger partial charge >= 0.3 is 0 Å². The molecule has 0 saturated carbocycles. The van der Waals surface area contributed by atoms with Crippen LogP contribution in [0.15, 0.2) is 34.9 Å². The van der Waals surface area contributed by atoms with Gasteiger partial charge in [-0.15, -0.1) is 5.10 Å². The van der Waals surface area contributed by atoms with Crippen molar-refractivity contribution < 1.29 is 9.23 Å². The summed E-state index contributed by atoms with van der Waals surface area (Å²) in [6, 6.07) is 4.94. The minimum absolute atomic E-state index is 0.169. The van der Waals surface area contributed by atoms with Gasteiger partial charge in [-0.05, 0) is 41.1 Å². The summed E-state index contributed by atoms with van der Waals surface area (Å²) in [7, 11) is 0. The maximum Gasteiger partial charge on any atom is 0.138 e. The summed E-state index contributed by atoms with van der Waals surface area (Å²) >= 11 is 3.13. The van der Waals surface area contributed by atoms with Gasteiger partial charge in [0.05, 0.1) is 22.4 Å². The standard InChI is InChI=1S/C13H12BrFN4O/c1-8-6-19(18-16-8)7-10-5-13(17-20-10)9-2-3-11(14)12(15)4-9/h2-6,10,17H,7H2,1H3. The van der Waals surface area contributed by atoms with Crippen molar-refractivity contribution in [2.24, 2.45) is 0 Å². The number of nitrogens with zero attached hydrogens (tertiary/aromatic N) is 3. The van der Waals surface area contributed by atoms with E-state index in [-0.39, 0.29) is 11.9 Å². The predicted molar refractivity (Wildman–Crippen MR) is 74.8 cm³/mol. The quantitative estimate of drug-likeness (QED) is 0.933. The Morgan fingerprint density at radius 2 is 2.35 bits per heavy atom. The van der Waals surface area contributed by atoms with E-state index in [1.165, 1.54) is 6.07 Å². The molecule has 0 amide bonds. The third-order valence-corrected chi connectivity index (χ3v) is 3.57. The number of aromatic nitrogens is 3. The lowest BCUT2D eigenvalue weighted by Crippen LogP contribution is -2.18. The van der Waals surface area contributed by atoms with E-state index in [1.54, 1.807) is 10.7 Å². The molecule has 0 bridgehead atoms. The number of hydroxylamine groups is 1. The predicted octanol–water partition coefficient (Wildman–Crippen LogP) is 2.43. The molecule has 1 aliphatic heterocycles. The largest absolute Gasteiger partial charge is 0.267 e. The molecule has 7 heteroatoms. The monoisotopic (exact) mass is 338 g/mol. The fraction of sp³-hybridized carbons (Fsp3) is 0.231. The van der Waals surface area contributed by atoms with Crippen LogP contribution in [-0.2, 0) is 11.4 Å². The summed E-state index contributed by atoms with van der Waals surface area (Å²) in [4.78, 5) is 5.44. The molecule has 104 valence electrons. The second-order valence-electron chi connectivity index (χ2n) is 4.55. The molecule has 1 N–H and O–H groups in total. The number of nitrogens with one attached hydrogen (secondary N) is 1. The van der Waals surface area contributed by atoms with Crippen LogP contribution < -0.4 is 5.48 Å². The normalized spacial score (nSPS) is 17.9. The van der Waals surface area contributed by atoms with E-state index in [4.69, 9.17) is 4.84 Å². The lowest BCUT2D eigenvalue weighted by molar-refractivity contribution is 0.0395. The first kappa shape index (κ1) is 13.3. The molecule has 5 nitrogen and oxygen atoms in total. The van der Waals surface area contributed by atoms with E-state index < -0.39 is 0 Å². The second-order valence-corrected chi connectivity index (χ2v) is 5.40. The van der Waals surface area contributed by atoms with Crippen molar-refractivity contribution in [1.29, 1.82) is 0 Å². The van der Waals surface area contributed by atoms with Crippen molar-refractivity contribution in [2.75, 3.05) is 0 Å². The topological polar surface area (TPSA) is 52.0 Å². The Balaban J connectivity index is 1.75. The minimum atomic E-state index is -0.305. The molecular weight excluding hydrogens is 327 g/mol. The molecule has 3 rings (SSSR count). The lowest BCUT2D eigenvalue weighted by Gasteiger charge is -2.06. The Hall–Kier alpha value is -1.73. The molecule has 0 saturated heterocycles. The molecule has 0 fully saturated rings. The van der Waals surface area contributed by atoms with Crippen LogP contribution in [0.5, 0.6) is 0 Å². The number of hydrogen-bond donors (Lipinski definition) is 1. The van der Waals surface area contributed by atoms with Crippen molar-refractivity contribution in [3.05, 3.63) is 52.0 Å². The van der Waals surface area contributed by atoms with Crippen LogP contribution >= 0.6 is 15.9 Å². The highest BCUT2D eigenvalue weighted by Gasteiger charge is 2.19. The molecule has 1 aromatic carbocycles. The third kappa shape index (κ3) is 2.73. The maximum atomic E-state index is 13.5. The molecule has 2 heterocycles. The highest BCUT2D eigenvalue weighted by atomic mass is 79.9. The van der Waals surface area contributed by atoms with Gasteiger partial charge in [0.15, 0.2) is 0 Å².